The molecule has 2 aliphatic heterocycles. The van der Waals surface area contributed by atoms with Crippen molar-refractivity contribution in [1.29, 1.82) is 0 Å². The Morgan fingerprint density at radius 3 is 2.44 bits per heavy atom. The van der Waals surface area contributed by atoms with Crippen LogP contribution in [0.2, 0.25) is 0 Å². The molecule has 3 heterocycles. The summed E-state index contributed by atoms with van der Waals surface area (Å²) in [6, 6.07) is 4.08. The summed E-state index contributed by atoms with van der Waals surface area (Å²) in [6.45, 7) is 3.07. The lowest BCUT2D eigenvalue weighted by atomic mass is 10.1. The Morgan fingerprint density at radius 2 is 1.83 bits per heavy atom. The minimum atomic E-state index is 0.202. The Kier molecular flexibility index (Phi) is 3.17. The number of anilines is 2. The lowest BCUT2D eigenvalue weighted by Gasteiger charge is -2.28. The smallest absolute Gasteiger partial charge is 0.228 e. The van der Waals surface area contributed by atoms with Crippen molar-refractivity contribution in [3.8, 4) is 0 Å². The predicted octanol–water partition coefficient (Wildman–Crippen LogP) is 2.20. The SMILES string of the molecule is O=C1CCCN1c1ccc(N2CCCCC2)cn1. The molecule has 0 spiro atoms. The molecule has 3 rings (SSSR count). The first-order valence-electron chi connectivity index (χ1n) is 6.86. The second kappa shape index (κ2) is 4.96. The fourth-order valence-electron chi connectivity index (χ4n) is 2.77. The third-order valence-corrected chi connectivity index (χ3v) is 3.80. The number of aromatic nitrogens is 1. The van der Waals surface area contributed by atoms with Crippen LogP contribution in [0.25, 0.3) is 0 Å². The van der Waals surface area contributed by atoms with Gasteiger partial charge in [0.15, 0.2) is 0 Å². The average Bonchev–Trinajstić information content (AvgIpc) is 2.86. The van der Waals surface area contributed by atoms with Crippen molar-refractivity contribution in [3.63, 3.8) is 0 Å². The van der Waals surface area contributed by atoms with Crippen molar-refractivity contribution in [2.24, 2.45) is 0 Å². The van der Waals surface area contributed by atoms with Gasteiger partial charge in [0.2, 0.25) is 5.91 Å². The van der Waals surface area contributed by atoms with E-state index in [4.69, 9.17) is 0 Å². The second-order valence-electron chi connectivity index (χ2n) is 5.07. The van der Waals surface area contributed by atoms with E-state index in [1.54, 1.807) is 4.90 Å². The van der Waals surface area contributed by atoms with Crippen LogP contribution in [0.3, 0.4) is 0 Å². The molecule has 0 bridgehead atoms. The highest BCUT2D eigenvalue weighted by molar-refractivity contribution is 5.94. The van der Waals surface area contributed by atoms with Gasteiger partial charge in [-0.05, 0) is 37.8 Å². The molecule has 2 fully saturated rings. The molecule has 4 nitrogen and oxygen atoms in total. The summed E-state index contributed by atoms with van der Waals surface area (Å²) in [6.07, 6.45) is 7.40. The van der Waals surface area contributed by atoms with E-state index in [9.17, 15) is 4.79 Å². The maximum Gasteiger partial charge on any atom is 0.228 e. The molecule has 2 aliphatic rings. The first-order chi connectivity index (χ1) is 8.84. The first-order valence-corrected chi connectivity index (χ1v) is 6.86. The third kappa shape index (κ3) is 2.19. The number of nitrogens with zero attached hydrogens (tertiary/aromatic N) is 3. The Morgan fingerprint density at radius 1 is 1.00 bits per heavy atom. The lowest BCUT2D eigenvalue weighted by molar-refractivity contribution is -0.117. The summed E-state index contributed by atoms with van der Waals surface area (Å²) in [5.74, 6) is 1.01. The van der Waals surface area contributed by atoms with Crippen LogP contribution in [0.1, 0.15) is 32.1 Å². The first kappa shape index (κ1) is 11.5. The minimum Gasteiger partial charge on any atom is -0.370 e. The maximum absolute atomic E-state index is 11.6. The molecular formula is C14H19N3O. The summed E-state index contributed by atoms with van der Waals surface area (Å²) in [7, 11) is 0. The highest BCUT2D eigenvalue weighted by Gasteiger charge is 2.22. The minimum absolute atomic E-state index is 0.202. The fourth-order valence-corrected chi connectivity index (χ4v) is 2.77. The zero-order valence-electron chi connectivity index (χ0n) is 10.6. The van der Waals surface area contributed by atoms with Gasteiger partial charge >= 0.3 is 0 Å². The Hall–Kier alpha value is -1.58. The van der Waals surface area contributed by atoms with Gasteiger partial charge in [-0.15, -0.1) is 0 Å². The van der Waals surface area contributed by atoms with Crippen LogP contribution in [0.4, 0.5) is 11.5 Å². The molecule has 0 aliphatic carbocycles. The third-order valence-electron chi connectivity index (χ3n) is 3.80. The van der Waals surface area contributed by atoms with Crippen molar-refractivity contribution < 1.29 is 4.79 Å². The zero-order chi connectivity index (χ0) is 12.4. The summed E-state index contributed by atoms with van der Waals surface area (Å²) in [4.78, 5) is 20.3. The molecule has 0 unspecified atom stereocenters. The molecule has 96 valence electrons. The van der Waals surface area contributed by atoms with Crippen molar-refractivity contribution >= 4 is 17.4 Å². The normalized spacial score (nSPS) is 20.6. The van der Waals surface area contributed by atoms with Crippen LogP contribution < -0.4 is 9.80 Å². The number of carbonyl (C=O) groups is 1. The molecule has 2 saturated heterocycles. The van der Waals surface area contributed by atoms with Crippen LogP contribution >= 0.6 is 0 Å². The van der Waals surface area contributed by atoms with Gasteiger partial charge in [-0.1, -0.05) is 0 Å². The highest BCUT2D eigenvalue weighted by Crippen LogP contribution is 2.23. The number of piperidine rings is 1. The molecule has 4 heteroatoms. The molecule has 0 aromatic carbocycles. The van der Waals surface area contributed by atoms with E-state index in [1.165, 1.54) is 24.9 Å². The summed E-state index contributed by atoms with van der Waals surface area (Å²) < 4.78 is 0. The number of amides is 1. The average molecular weight is 245 g/mol. The summed E-state index contributed by atoms with van der Waals surface area (Å²) in [5.41, 5.74) is 1.19. The van der Waals surface area contributed by atoms with Crippen LogP contribution in [-0.2, 0) is 4.79 Å². The quantitative estimate of drug-likeness (QED) is 0.801. The van der Waals surface area contributed by atoms with Crippen molar-refractivity contribution in [1.82, 2.24) is 4.98 Å². The summed E-state index contributed by atoms with van der Waals surface area (Å²) in [5, 5.41) is 0. The van der Waals surface area contributed by atoms with Crippen LogP contribution in [0.5, 0.6) is 0 Å². The Labute approximate surface area is 108 Å². The van der Waals surface area contributed by atoms with E-state index in [0.717, 1.165) is 31.9 Å². The van der Waals surface area contributed by atoms with Crippen molar-refractivity contribution in [2.75, 3.05) is 29.4 Å². The predicted molar refractivity (Wildman–Crippen MR) is 71.9 cm³/mol. The molecule has 18 heavy (non-hydrogen) atoms. The summed E-state index contributed by atoms with van der Waals surface area (Å²) >= 11 is 0. The number of pyridine rings is 1. The van der Waals surface area contributed by atoms with Crippen LogP contribution in [0.15, 0.2) is 18.3 Å². The standard InChI is InChI=1S/C14H19N3O/c18-14-5-4-10-17(14)13-7-6-12(11-15-13)16-8-2-1-3-9-16/h6-7,11H,1-5,8-10H2. The number of rotatable bonds is 2. The van der Waals surface area contributed by atoms with E-state index in [0.29, 0.717) is 6.42 Å². The molecule has 0 N–H and O–H groups in total. The van der Waals surface area contributed by atoms with Crippen LogP contribution in [-0.4, -0.2) is 30.5 Å². The van der Waals surface area contributed by atoms with Gasteiger partial charge in [0.1, 0.15) is 5.82 Å². The van der Waals surface area contributed by atoms with E-state index in [-0.39, 0.29) is 5.91 Å². The molecule has 1 amide bonds. The van der Waals surface area contributed by atoms with Gasteiger partial charge in [-0.3, -0.25) is 9.69 Å². The van der Waals surface area contributed by atoms with E-state index >= 15 is 0 Å². The highest BCUT2D eigenvalue weighted by atomic mass is 16.2. The van der Waals surface area contributed by atoms with E-state index < -0.39 is 0 Å². The van der Waals surface area contributed by atoms with Crippen molar-refractivity contribution in [2.45, 2.75) is 32.1 Å². The Bertz CT molecular complexity index is 423. The Balaban J connectivity index is 1.74. The molecule has 0 atom stereocenters. The number of carbonyl (C=O) groups excluding carboxylic acids is 1. The molecule has 0 saturated carbocycles. The fraction of sp³-hybridized carbons (Fsp3) is 0.571. The monoisotopic (exact) mass is 245 g/mol. The largest absolute Gasteiger partial charge is 0.370 e. The number of hydrogen-bond donors (Lipinski definition) is 0. The van der Waals surface area contributed by atoms with Gasteiger partial charge < -0.3 is 4.90 Å². The zero-order valence-corrected chi connectivity index (χ0v) is 10.6. The van der Waals surface area contributed by atoms with Gasteiger partial charge in [-0.2, -0.15) is 0 Å². The molecule has 0 radical (unpaired) electrons. The van der Waals surface area contributed by atoms with Crippen LogP contribution in [0, 0.1) is 0 Å². The van der Waals surface area contributed by atoms with Gasteiger partial charge in [0.05, 0.1) is 11.9 Å². The topological polar surface area (TPSA) is 36.4 Å². The van der Waals surface area contributed by atoms with E-state index in [1.807, 2.05) is 12.3 Å². The molecular weight excluding hydrogens is 226 g/mol. The molecule has 1 aromatic rings. The van der Waals surface area contributed by atoms with E-state index in [2.05, 4.69) is 16.0 Å². The maximum atomic E-state index is 11.6. The van der Waals surface area contributed by atoms with Gasteiger partial charge in [0.25, 0.3) is 0 Å². The second-order valence-corrected chi connectivity index (χ2v) is 5.07. The van der Waals surface area contributed by atoms with Gasteiger partial charge in [-0.25, -0.2) is 4.98 Å². The number of hydrogen-bond acceptors (Lipinski definition) is 3. The lowest BCUT2D eigenvalue weighted by Crippen LogP contribution is -2.30. The van der Waals surface area contributed by atoms with Gasteiger partial charge in [0, 0.05) is 26.1 Å². The molecule has 1 aromatic heterocycles. The van der Waals surface area contributed by atoms with Crippen molar-refractivity contribution in [3.05, 3.63) is 18.3 Å².